The fraction of sp³-hybridized carbons (Fsp3) is 0.250. The van der Waals surface area contributed by atoms with Gasteiger partial charge in [0.25, 0.3) is 5.56 Å². The number of hydrogen-bond acceptors (Lipinski definition) is 4. The second-order valence-electron chi connectivity index (χ2n) is 7.25. The molecule has 0 spiro atoms. The summed E-state index contributed by atoms with van der Waals surface area (Å²) in [5.41, 5.74) is 1.56. The molecule has 34 heavy (non-hydrogen) atoms. The highest BCUT2D eigenvalue weighted by Crippen LogP contribution is 2.27. The Bertz CT molecular complexity index is 1300. The number of alkyl halides is 3. The van der Waals surface area contributed by atoms with E-state index in [9.17, 15) is 27.2 Å². The number of carbonyl (C=O) groups excluding carboxylic acids is 1. The molecule has 1 aliphatic heterocycles. The Morgan fingerprint density at radius 2 is 1.85 bits per heavy atom. The molecule has 0 aliphatic carbocycles. The minimum absolute atomic E-state index is 0.127. The predicted octanol–water partition coefficient (Wildman–Crippen LogP) is 3.46. The van der Waals surface area contributed by atoms with Crippen molar-refractivity contribution in [3.8, 4) is 0 Å². The summed E-state index contributed by atoms with van der Waals surface area (Å²) >= 11 is 12.3. The molecule has 1 saturated heterocycles. The zero-order valence-electron chi connectivity index (χ0n) is 17.0. The molecule has 3 heterocycles. The number of fused-ring (bicyclic) bond motifs is 1. The molecule has 0 atom stereocenters. The van der Waals surface area contributed by atoms with Crippen molar-refractivity contribution < 1.29 is 32.3 Å². The first-order chi connectivity index (χ1) is 15.9. The second-order valence-corrected chi connectivity index (χ2v) is 8.02. The summed E-state index contributed by atoms with van der Waals surface area (Å²) in [6.07, 6.45) is -3.19. The van der Waals surface area contributed by atoms with Gasteiger partial charge >= 0.3 is 12.1 Å². The zero-order valence-corrected chi connectivity index (χ0v) is 18.5. The Balaban J connectivity index is 0.000000406. The number of amides is 1. The van der Waals surface area contributed by atoms with Gasteiger partial charge in [-0.15, -0.1) is 0 Å². The lowest BCUT2D eigenvalue weighted by Gasteiger charge is -2.25. The number of H-pyrrole nitrogens is 1. The van der Waals surface area contributed by atoms with Gasteiger partial charge in [0.2, 0.25) is 5.91 Å². The molecule has 1 aliphatic rings. The number of nitrogens with one attached hydrogen (secondary N) is 3. The Morgan fingerprint density at radius 1 is 1.21 bits per heavy atom. The maximum Gasteiger partial charge on any atom is 0.490 e. The predicted molar refractivity (Wildman–Crippen MR) is 116 cm³/mol. The molecule has 8 nitrogen and oxygen atoms in total. The first-order valence-corrected chi connectivity index (χ1v) is 10.3. The molecule has 0 unspecified atom stereocenters. The summed E-state index contributed by atoms with van der Waals surface area (Å²) in [7, 11) is 0. The van der Waals surface area contributed by atoms with Gasteiger partial charge in [0, 0.05) is 31.4 Å². The molecule has 3 aromatic rings. The first kappa shape index (κ1) is 25.5. The van der Waals surface area contributed by atoms with Gasteiger partial charge in [0.15, 0.2) is 0 Å². The van der Waals surface area contributed by atoms with Crippen LogP contribution in [0.2, 0.25) is 10.2 Å². The van der Waals surface area contributed by atoms with Crippen LogP contribution in [-0.4, -0.2) is 45.6 Å². The molecule has 14 heteroatoms. The molecular formula is C20H16Cl2F4N4O4. The summed E-state index contributed by atoms with van der Waals surface area (Å²) in [4.78, 5) is 35.6. The molecule has 0 bridgehead atoms. The van der Waals surface area contributed by atoms with Gasteiger partial charge in [-0.2, -0.15) is 13.2 Å². The summed E-state index contributed by atoms with van der Waals surface area (Å²) in [6, 6.07) is 5.99. The van der Waals surface area contributed by atoms with Crippen LogP contribution < -0.4 is 16.2 Å². The highest BCUT2D eigenvalue weighted by atomic mass is 35.5. The van der Waals surface area contributed by atoms with E-state index in [-0.39, 0.29) is 33.2 Å². The lowest BCUT2D eigenvalue weighted by Crippen LogP contribution is -2.48. The van der Waals surface area contributed by atoms with E-state index in [2.05, 4.69) is 15.6 Å². The number of aliphatic carboxylic acids is 1. The minimum atomic E-state index is -5.08. The zero-order chi connectivity index (χ0) is 25.2. The lowest BCUT2D eigenvalue weighted by atomic mass is 10.0. The van der Waals surface area contributed by atoms with E-state index < -0.39 is 18.0 Å². The Morgan fingerprint density at radius 3 is 2.41 bits per heavy atom. The standard InChI is InChI=1S/C18H15Cl2FN4O2.C2HF3O2/c19-12-5-15-18(27)23-8-11(25(15)16(12)20)3-9-1-2-13(21)14(4-9)24-17(26)10-6-22-7-10;3-2(4,5)1(6)7/h1-2,4-5,8,10,22H,3,6-7H2,(H,23,27)(H,24,26);(H,6,7). The van der Waals surface area contributed by atoms with Crippen molar-refractivity contribution in [3.63, 3.8) is 0 Å². The van der Waals surface area contributed by atoms with Crippen molar-refractivity contribution in [3.05, 3.63) is 68.1 Å². The molecule has 0 radical (unpaired) electrons. The summed E-state index contributed by atoms with van der Waals surface area (Å²) in [6.45, 7) is 1.19. The van der Waals surface area contributed by atoms with Gasteiger partial charge in [-0.25, -0.2) is 9.18 Å². The summed E-state index contributed by atoms with van der Waals surface area (Å²) in [5.74, 6) is -3.62. The molecule has 1 fully saturated rings. The third-order valence-electron chi connectivity index (χ3n) is 4.86. The number of carboxylic acid groups (broad SMARTS) is 1. The Hall–Kier alpha value is -3.09. The SMILES string of the molecule is O=C(Nc1cc(Cc2c[nH]c(=O)c3cc(Cl)c(Cl)n23)ccc1F)C1CNC1.O=C(O)C(F)(F)F. The number of carboxylic acids is 1. The highest BCUT2D eigenvalue weighted by molar-refractivity contribution is 6.42. The molecular weight excluding hydrogens is 507 g/mol. The van der Waals surface area contributed by atoms with Crippen molar-refractivity contribution in [2.75, 3.05) is 18.4 Å². The third-order valence-corrected chi connectivity index (χ3v) is 5.61. The van der Waals surface area contributed by atoms with Gasteiger partial charge < -0.3 is 20.7 Å². The van der Waals surface area contributed by atoms with Crippen LogP contribution in [0.3, 0.4) is 0 Å². The van der Waals surface area contributed by atoms with E-state index in [1.807, 2.05) is 0 Å². The van der Waals surface area contributed by atoms with Gasteiger partial charge in [0.1, 0.15) is 16.5 Å². The minimum Gasteiger partial charge on any atom is -0.475 e. The number of nitrogens with zero attached hydrogens (tertiary/aromatic N) is 1. The number of anilines is 1. The molecule has 4 rings (SSSR count). The average Bonchev–Trinajstić information content (AvgIpc) is 3.01. The maximum atomic E-state index is 14.1. The number of benzene rings is 1. The van der Waals surface area contributed by atoms with E-state index in [0.717, 1.165) is 5.56 Å². The highest BCUT2D eigenvalue weighted by Gasteiger charge is 2.38. The lowest BCUT2D eigenvalue weighted by molar-refractivity contribution is -0.192. The van der Waals surface area contributed by atoms with Crippen molar-refractivity contribution in [2.45, 2.75) is 12.6 Å². The van der Waals surface area contributed by atoms with Crippen LogP contribution in [0.4, 0.5) is 23.2 Å². The molecule has 2 aromatic heterocycles. The average molecular weight is 523 g/mol. The van der Waals surface area contributed by atoms with Crippen molar-refractivity contribution in [2.24, 2.45) is 5.92 Å². The van der Waals surface area contributed by atoms with Crippen LogP contribution in [0, 0.1) is 11.7 Å². The van der Waals surface area contributed by atoms with Crippen LogP contribution in [0.1, 0.15) is 11.3 Å². The Labute approximate surface area is 198 Å². The number of aromatic nitrogens is 2. The quantitative estimate of drug-likeness (QED) is 0.391. The molecule has 4 N–H and O–H groups in total. The van der Waals surface area contributed by atoms with Crippen molar-refractivity contribution in [1.29, 1.82) is 0 Å². The van der Waals surface area contributed by atoms with Crippen LogP contribution in [0.5, 0.6) is 0 Å². The van der Waals surface area contributed by atoms with Crippen molar-refractivity contribution in [1.82, 2.24) is 14.7 Å². The monoisotopic (exact) mass is 522 g/mol. The Kier molecular flexibility index (Phi) is 7.54. The maximum absolute atomic E-state index is 14.1. The van der Waals surface area contributed by atoms with E-state index in [4.69, 9.17) is 33.1 Å². The fourth-order valence-corrected chi connectivity index (χ4v) is 3.46. The molecule has 0 saturated carbocycles. The molecule has 1 amide bonds. The number of carbonyl (C=O) groups is 2. The van der Waals surface area contributed by atoms with Crippen LogP contribution in [0.25, 0.3) is 5.52 Å². The van der Waals surface area contributed by atoms with Crippen LogP contribution >= 0.6 is 23.2 Å². The van der Waals surface area contributed by atoms with Gasteiger partial charge in [-0.1, -0.05) is 29.3 Å². The third kappa shape index (κ3) is 5.69. The second kappa shape index (κ2) is 10.0. The van der Waals surface area contributed by atoms with Gasteiger partial charge in [0.05, 0.1) is 16.6 Å². The summed E-state index contributed by atoms with van der Waals surface area (Å²) < 4.78 is 47.4. The van der Waals surface area contributed by atoms with Crippen LogP contribution in [-0.2, 0) is 16.0 Å². The van der Waals surface area contributed by atoms with Crippen molar-refractivity contribution >= 4 is 46.3 Å². The van der Waals surface area contributed by atoms with E-state index in [0.29, 0.717) is 30.7 Å². The van der Waals surface area contributed by atoms with Gasteiger partial charge in [-0.05, 0) is 23.8 Å². The summed E-state index contributed by atoms with van der Waals surface area (Å²) in [5, 5.41) is 13.3. The molecule has 182 valence electrons. The van der Waals surface area contributed by atoms with E-state index in [1.54, 1.807) is 22.7 Å². The van der Waals surface area contributed by atoms with E-state index >= 15 is 0 Å². The first-order valence-electron chi connectivity index (χ1n) is 9.55. The number of rotatable bonds is 4. The number of aromatic amines is 1. The fourth-order valence-electron chi connectivity index (χ4n) is 3.02. The normalized spacial score (nSPS) is 13.7. The largest absolute Gasteiger partial charge is 0.490 e. The van der Waals surface area contributed by atoms with Gasteiger partial charge in [-0.3, -0.25) is 14.0 Å². The molecule has 1 aromatic carbocycles. The van der Waals surface area contributed by atoms with E-state index in [1.165, 1.54) is 12.1 Å². The van der Waals surface area contributed by atoms with Crippen LogP contribution in [0.15, 0.2) is 35.3 Å². The number of hydrogen-bond donors (Lipinski definition) is 4. The topological polar surface area (TPSA) is 116 Å². The number of halogens is 6. The smallest absolute Gasteiger partial charge is 0.475 e.